The molecule has 1 aromatic heterocycles. The highest BCUT2D eigenvalue weighted by atomic mass is 16.5. The van der Waals surface area contributed by atoms with Crippen LogP contribution >= 0.6 is 0 Å². The van der Waals surface area contributed by atoms with Gasteiger partial charge >= 0.3 is 0 Å². The van der Waals surface area contributed by atoms with Gasteiger partial charge in [-0.2, -0.15) is 0 Å². The lowest BCUT2D eigenvalue weighted by Crippen LogP contribution is -2.20. The van der Waals surface area contributed by atoms with Crippen LogP contribution in [0.25, 0.3) is 11.0 Å². The molecule has 0 spiro atoms. The number of aryl methyl sites for hydroxylation is 1. The summed E-state index contributed by atoms with van der Waals surface area (Å²) in [6.07, 6.45) is 2.24. The van der Waals surface area contributed by atoms with Gasteiger partial charge in [-0.25, -0.2) is 0 Å². The lowest BCUT2D eigenvalue weighted by atomic mass is 10.0. The van der Waals surface area contributed by atoms with E-state index >= 15 is 0 Å². The minimum atomic E-state index is -0.279. The Hall–Kier alpha value is -4.06. The molecular weight excluding hydrogens is 430 g/mol. The summed E-state index contributed by atoms with van der Waals surface area (Å²) in [6, 6.07) is 20.1. The van der Waals surface area contributed by atoms with Crippen LogP contribution in [-0.2, 0) is 11.2 Å². The van der Waals surface area contributed by atoms with Crippen molar-refractivity contribution >= 4 is 22.6 Å². The van der Waals surface area contributed by atoms with E-state index in [1.807, 2.05) is 48.5 Å². The molecule has 174 valence electrons. The summed E-state index contributed by atoms with van der Waals surface area (Å²) in [4.78, 5) is 25.2. The number of fused-ring (bicyclic) bond motifs is 1. The number of nitrogens with one attached hydrogen (secondary N) is 1. The molecule has 0 bridgehead atoms. The van der Waals surface area contributed by atoms with Gasteiger partial charge in [-0.3, -0.25) is 9.59 Å². The van der Waals surface area contributed by atoms with Gasteiger partial charge in [0.15, 0.2) is 6.61 Å². The number of para-hydroxylation sites is 1. The van der Waals surface area contributed by atoms with Crippen molar-refractivity contribution in [3.8, 4) is 17.2 Å². The van der Waals surface area contributed by atoms with E-state index in [0.717, 1.165) is 12.0 Å². The van der Waals surface area contributed by atoms with E-state index in [2.05, 4.69) is 26.1 Å². The summed E-state index contributed by atoms with van der Waals surface area (Å²) in [5, 5.41) is 3.17. The fraction of sp³-hybridized carbons (Fsp3) is 0.214. The number of anilines is 1. The van der Waals surface area contributed by atoms with Gasteiger partial charge in [-0.15, -0.1) is 0 Å². The minimum Gasteiger partial charge on any atom is -0.484 e. The van der Waals surface area contributed by atoms with Gasteiger partial charge in [0.2, 0.25) is 11.2 Å². The van der Waals surface area contributed by atoms with Crippen molar-refractivity contribution in [1.29, 1.82) is 0 Å². The highest BCUT2D eigenvalue weighted by molar-refractivity contribution is 5.92. The highest BCUT2D eigenvalue weighted by Crippen LogP contribution is 2.30. The number of carbonyl (C=O) groups is 1. The number of ether oxygens (including phenoxy) is 2. The average molecular weight is 458 g/mol. The normalized spacial score (nSPS) is 10.9. The van der Waals surface area contributed by atoms with Gasteiger partial charge in [-0.05, 0) is 53.8 Å². The maximum Gasteiger partial charge on any atom is 0.262 e. The number of hydrogen-bond acceptors (Lipinski definition) is 5. The first-order valence-corrected chi connectivity index (χ1v) is 11.3. The van der Waals surface area contributed by atoms with E-state index in [9.17, 15) is 9.59 Å². The van der Waals surface area contributed by atoms with Gasteiger partial charge in [0, 0.05) is 11.8 Å². The largest absolute Gasteiger partial charge is 0.484 e. The van der Waals surface area contributed by atoms with Crippen LogP contribution in [0.4, 0.5) is 5.69 Å². The maximum atomic E-state index is 13.0. The fourth-order valence-corrected chi connectivity index (χ4v) is 3.59. The Labute approximate surface area is 198 Å². The Morgan fingerprint density at radius 3 is 2.50 bits per heavy atom. The van der Waals surface area contributed by atoms with E-state index in [1.165, 1.54) is 11.8 Å². The predicted octanol–water partition coefficient (Wildman–Crippen LogP) is 6.29. The molecule has 0 saturated heterocycles. The van der Waals surface area contributed by atoms with Crippen LogP contribution in [-0.4, -0.2) is 12.5 Å². The quantitative estimate of drug-likeness (QED) is 0.336. The van der Waals surface area contributed by atoms with Crippen molar-refractivity contribution < 1.29 is 18.7 Å². The summed E-state index contributed by atoms with van der Waals surface area (Å²) < 4.78 is 17.2. The molecule has 1 N–H and O–H groups in total. The smallest absolute Gasteiger partial charge is 0.262 e. The minimum absolute atomic E-state index is 0.114. The van der Waals surface area contributed by atoms with Crippen molar-refractivity contribution in [2.45, 2.75) is 33.1 Å². The summed E-state index contributed by atoms with van der Waals surface area (Å²) in [5.74, 6) is 1.13. The van der Waals surface area contributed by atoms with Crippen LogP contribution in [0.3, 0.4) is 0 Å². The molecule has 0 aliphatic carbocycles. The van der Waals surface area contributed by atoms with Crippen molar-refractivity contribution in [2.75, 3.05) is 11.9 Å². The topological polar surface area (TPSA) is 77.8 Å². The summed E-state index contributed by atoms with van der Waals surface area (Å²) >= 11 is 0. The first-order valence-electron chi connectivity index (χ1n) is 11.3. The SMILES string of the molecule is CCc1ccc(NC(=O)COc2ccc3c(=O)c(Oc4ccccc4C(C)C)coc3c2)cc1. The lowest BCUT2D eigenvalue weighted by molar-refractivity contribution is -0.118. The van der Waals surface area contributed by atoms with Gasteiger partial charge in [-0.1, -0.05) is 51.1 Å². The van der Waals surface area contributed by atoms with E-state index in [1.54, 1.807) is 18.2 Å². The van der Waals surface area contributed by atoms with Gasteiger partial charge in [0.25, 0.3) is 5.91 Å². The molecule has 34 heavy (non-hydrogen) atoms. The molecule has 6 nitrogen and oxygen atoms in total. The Kier molecular flexibility index (Phi) is 6.97. The molecule has 0 atom stereocenters. The average Bonchev–Trinajstić information content (AvgIpc) is 2.85. The van der Waals surface area contributed by atoms with E-state index < -0.39 is 0 Å². The molecular formula is C28H27NO5. The Balaban J connectivity index is 1.45. The third-order valence-electron chi connectivity index (χ3n) is 5.49. The molecule has 0 aliphatic rings. The summed E-state index contributed by atoms with van der Waals surface area (Å²) in [5.41, 5.74) is 2.99. The molecule has 0 fully saturated rings. The summed E-state index contributed by atoms with van der Waals surface area (Å²) in [6.45, 7) is 6.04. The van der Waals surface area contributed by atoms with Crippen LogP contribution in [0, 0.1) is 0 Å². The molecule has 3 aromatic carbocycles. The Morgan fingerprint density at radius 1 is 1.00 bits per heavy atom. The number of amides is 1. The van der Waals surface area contributed by atoms with Gasteiger partial charge < -0.3 is 19.2 Å². The van der Waals surface area contributed by atoms with Crippen molar-refractivity contribution in [3.63, 3.8) is 0 Å². The van der Waals surface area contributed by atoms with Crippen molar-refractivity contribution in [2.24, 2.45) is 0 Å². The Bertz CT molecular complexity index is 1360. The van der Waals surface area contributed by atoms with Crippen LogP contribution in [0.5, 0.6) is 17.2 Å². The zero-order valence-corrected chi connectivity index (χ0v) is 19.5. The number of carbonyl (C=O) groups excluding carboxylic acids is 1. The number of benzene rings is 3. The fourth-order valence-electron chi connectivity index (χ4n) is 3.59. The second-order valence-electron chi connectivity index (χ2n) is 8.27. The standard InChI is InChI=1S/C28H27NO5/c1-4-19-9-11-20(12-10-19)29-27(30)17-32-21-13-14-23-25(15-21)33-16-26(28(23)31)34-24-8-6-5-7-22(24)18(2)3/h5-16,18H,4,17H2,1-3H3,(H,29,30). The molecule has 0 radical (unpaired) electrons. The van der Waals surface area contributed by atoms with E-state index in [4.69, 9.17) is 13.9 Å². The molecule has 4 aromatic rings. The number of rotatable bonds is 8. The lowest BCUT2D eigenvalue weighted by Gasteiger charge is -2.13. The number of hydrogen-bond donors (Lipinski definition) is 1. The van der Waals surface area contributed by atoms with Crippen LogP contribution in [0.1, 0.15) is 37.8 Å². The van der Waals surface area contributed by atoms with E-state index in [-0.39, 0.29) is 29.6 Å². The zero-order chi connectivity index (χ0) is 24.1. The summed E-state index contributed by atoms with van der Waals surface area (Å²) in [7, 11) is 0. The second-order valence-corrected chi connectivity index (χ2v) is 8.27. The predicted molar refractivity (Wildman–Crippen MR) is 133 cm³/mol. The molecule has 1 heterocycles. The third kappa shape index (κ3) is 5.29. The highest BCUT2D eigenvalue weighted by Gasteiger charge is 2.14. The molecule has 6 heteroatoms. The molecule has 0 saturated carbocycles. The van der Waals surface area contributed by atoms with Crippen LogP contribution in [0.2, 0.25) is 0 Å². The zero-order valence-electron chi connectivity index (χ0n) is 19.5. The maximum absolute atomic E-state index is 13.0. The van der Waals surface area contributed by atoms with E-state index in [0.29, 0.717) is 28.2 Å². The van der Waals surface area contributed by atoms with Crippen LogP contribution < -0.4 is 20.2 Å². The van der Waals surface area contributed by atoms with Crippen molar-refractivity contribution in [3.05, 3.63) is 94.3 Å². The second kappa shape index (κ2) is 10.3. The molecule has 0 aliphatic heterocycles. The molecule has 4 rings (SSSR count). The van der Waals surface area contributed by atoms with Gasteiger partial charge in [0.05, 0.1) is 5.39 Å². The monoisotopic (exact) mass is 457 g/mol. The Morgan fingerprint density at radius 2 is 1.76 bits per heavy atom. The molecule has 1 amide bonds. The molecule has 0 unspecified atom stereocenters. The van der Waals surface area contributed by atoms with Crippen molar-refractivity contribution in [1.82, 2.24) is 0 Å². The first kappa shape index (κ1) is 23.1. The third-order valence-corrected chi connectivity index (χ3v) is 5.49. The van der Waals surface area contributed by atoms with Crippen LogP contribution in [0.15, 0.2) is 82.2 Å². The van der Waals surface area contributed by atoms with Gasteiger partial charge in [0.1, 0.15) is 23.3 Å². The first-order chi connectivity index (χ1) is 16.4.